The molecule has 2 aromatic carbocycles. The number of carbonyl (C=O) groups is 1. The first-order valence-corrected chi connectivity index (χ1v) is 10.9. The number of halogens is 3. The predicted molar refractivity (Wildman–Crippen MR) is 123 cm³/mol. The van der Waals surface area contributed by atoms with Gasteiger partial charge < -0.3 is 5.11 Å². The normalized spacial score (nSPS) is 15.4. The summed E-state index contributed by atoms with van der Waals surface area (Å²) in [5.41, 5.74) is -2.53. The van der Waals surface area contributed by atoms with E-state index in [1.54, 1.807) is 13.1 Å². The van der Waals surface area contributed by atoms with Crippen molar-refractivity contribution in [2.45, 2.75) is 25.1 Å². The summed E-state index contributed by atoms with van der Waals surface area (Å²) in [6, 6.07) is 7.06. The zero-order chi connectivity index (χ0) is 26.1. The molecule has 0 aliphatic heterocycles. The molecule has 4 aromatic rings. The average Bonchev–Trinajstić information content (AvgIpc) is 3.33. The molecule has 1 aliphatic carbocycles. The third kappa shape index (κ3) is 3.32. The molecule has 0 saturated carbocycles. The van der Waals surface area contributed by atoms with E-state index < -0.39 is 40.6 Å². The fraction of sp³-hybridized carbons (Fsp3) is 0.250. The molecule has 1 aliphatic rings. The number of hydrogen-bond donors (Lipinski definition) is 1. The minimum atomic E-state index is -4.62. The Bertz CT molecular complexity index is 1760. The second-order valence-corrected chi connectivity index (χ2v) is 8.67. The van der Waals surface area contributed by atoms with Crippen molar-refractivity contribution in [1.82, 2.24) is 18.3 Å². The first-order chi connectivity index (χ1) is 16.9. The van der Waals surface area contributed by atoms with Crippen LogP contribution in [0.1, 0.15) is 39.5 Å². The van der Waals surface area contributed by atoms with Gasteiger partial charge in [-0.15, -0.1) is 0 Å². The molecule has 1 atom stereocenters. The van der Waals surface area contributed by atoms with Gasteiger partial charge in [0.05, 0.1) is 28.3 Å². The molecule has 5 rings (SSSR count). The summed E-state index contributed by atoms with van der Waals surface area (Å²) in [4.78, 5) is 50.9. The van der Waals surface area contributed by atoms with E-state index in [9.17, 15) is 37.5 Å². The summed E-state index contributed by atoms with van der Waals surface area (Å²) in [7, 11) is 3.11. The lowest BCUT2D eigenvalue weighted by molar-refractivity contribution is -0.138. The van der Waals surface area contributed by atoms with Crippen LogP contribution in [0.5, 0.6) is 0 Å². The van der Waals surface area contributed by atoms with Crippen molar-refractivity contribution in [3.05, 3.63) is 96.2 Å². The van der Waals surface area contributed by atoms with E-state index in [2.05, 4.69) is 0 Å². The number of rotatable bonds is 3. The Morgan fingerprint density at radius 2 is 1.69 bits per heavy atom. The average molecular weight is 500 g/mol. The monoisotopic (exact) mass is 500 g/mol. The predicted octanol–water partition coefficient (Wildman–Crippen LogP) is 2.44. The van der Waals surface area contributed by atoms with E-state index in [1.807, 2.05) is 0 Å². The quantitative estimate of drug-likeness (QED) is 0.465. The van der Waals surface area contributed by atoms with E-state index in [0.717, 1.165) is 16.8 Å². The van der Waals surface area contributed by atoms with Crippen molar-refractivity contribution in [2.24, 2.45) is 14.1 Å². The van der Waals surface area contributed by atoms with Crippen LogP contribution >= 0.6 is 0 Å². The van der Waals surface area contributed by atoms with Crippen molar-refractivity contribution < 1.29 is 23.1 Å². The largest absolute Gasteiger partial charge is 0.477 e. The molecule has 0 bridgehead atoms. The Hall–Kier alpha value is -4.35. The Labute approximate surface area is 199 Å². The molecular weight excluding hydrogens is 481 g/mol. The smallest absolute Gasteiger partial charge is 0.416 e. The van der Waals surface area contributed by atoms with Crippen LogP contribution in [0.4, 0.5) is 13.2 Å². The molecule has 12 heteroatoms. The van der Waals surface area contributed by atoms with Crippen LogP contribution in [0.2, 0.25) is 0 Å². The zero-order valence-corrected chi connectivity index (χ0v) is 19.0. The number of aryl methyl sites for hydroxylation is 2. The minimum Gasteiger partial charge on any atom is -0.477 e. The van der Waals surface area contributed by atoms with Crippen molar-refractivity contribution in [2.75, 3.05) is 0 Å². The molecule has 0 saturated heterocycles. The standard InChI is InChI=1S/C24H19F3N4O5/c1-28-18-8-6-12(10-19(18)29(2)22(28)35)30-11-15(21(33)34)20(32)31(23(30)36)17-9-7-13-14(17)4-3-5-16(13)24(25,26)27/h3-6,8,10-11,17H,7,9H2,1-2H3,(H,33,34)/t17-/m1/s1. The molecule has 2 heterocycles. The Kier molecular flexibility index (Phi) is 5.09. The summed E-state index contributed by atoms with van der Waals surface area (Å²) in [6.07, 6.45) is -3.73. The number of imidazole rings is 1. The van der Waals surface area contributed by atoms with Crippen LogP contribution in [0.3, 0.4) is 0 Å². The van der Waals surface area contributed by atoms with Gasteiger partial charge >= 0.3 is 23.5 Å². The summed E-state index contributed by atoms with van der Waals surface area (Å²) in [5.74, 6) is -1.59. The van der Waals surface area contributed by atoms with E-state index in [-0.39, 0.29) is 35.3 Å². The van der Waals surface area contributed by atoms with Crippen LogP contribution in [-0.2, 0) is 26.7 Å². The molecule has 0 amide bonds. The van der Waals surface area contributed by atoms with Gasteiger partial charge in [-0.3, -0.25) is 23.1 Å². The molecular formula is C24H19F3N4O5. The number of carboxylic acid groups (broad SMARTS) is 1. The van der Waals surface area contributed by atoms with Gasteiger partial charge in [0, 0.05) is 20.3 Å². The van der Waals surface area contributed by atoms with Gasteiger partial charge in [0.1, 0.15) is 5.56 Å². The summed E-state index contributed by atoms with van der Waals surface area (Å²) in [6.45, 7) is 0. The van der Waals surface area contributed by atoms with E-state index in [1.165, 1.54) is 40.4 Å². The zero-order valence-electron chi connectivity index (χ0n) is 19.0. The lowest BCUT2D eigenvalue weighted by Gasteiger charge is -2.19. The van der Waals surface area contributed by atoms with Crippen LogP contribution < -0.4 is 16.9 Å². The maximum atomic E-state index is 13.6. The fourth-order valence-electron chi connectivity index (χ4n) is 4.99. The number of aromatic carboxylic acids is 1. The number of hydrogen-bond acceptors (Lipinski definition) is 4. The second-order valence-electron chi connectivity index (χ2n) is 8.67. The minimum absolute atomic E-state index is 0.0192. The number of aromatic nitrogens is 4. The lowest BCUT2D eigenvalue weighted by atomic mass is 10.0. The highest BCUT2D eigenvalue weighted by Crippen LogP contribution is 2.41. The summed E-state index contributed by atoms with van der Waals surface area (Å²) < 4.78 is 45.0. The van der Waals surface area contributed by atoms with Crippen molar-refractivity contribution in [3.63, 3.8) is 0 Å². The molecule has 186 valence electrons. The summed E-state index contributed by atoms with van der Waals surface area (Å²) in [5, 5.41) is 9.67. The van der Waals surface area contributed by atoms with E-state index >= 15 is 0 Å². The molecule has 36 heavy (non-hydrogen) atoms. The third-order valence-corrected chi connectivity index (χ3v) is 6.74. The molecule has 0 spiro atoms. The van der Waals surface area contributed by atoms with Crippen LogP contribution in [0.15, 0.2) is 57.0 Å². The SMILES string of the molecule is Cn1c(=O)n(C)c2cc(-n3cc(C(=O)O)c(=O)n([C@@H]4CCc5c4cccc5C(F)(F)F)c3=O)ccc21. The van der Waals surface area contributed by atoms with Gasteiger partial charge in [-0.1, -0.05) is 12.1 Å². The van der Waals surface area contributed by atoms with Gasteiger partial charge in [0.15, 0.2) is 0 Å². The first kappa shape index (κ1) is 23.4. The van der Waals surface area contributed by atoms with Gasteiger partial charge in [-0.2, -0.15) is 13.2 Å². The number of fused-ring (bicyclic) bond motifs is 2. The van der Waals surface area contributed by atoms with E-state index in [0.29, 0.717) is 15.6 Å². The first-order valence-electron chi connectivity index (χ1n) is 10.9. The number of nitrogens with zero attached hydrogens (tertiary/aromatic N) is 4. The summed E-state index contributed by atoms with van der Waals surface area (Å²) >= 11 is 0. The third-order valence-electron chi connectivity index (χ3n) is 6.74. The molecule has 2 aromatic heterocycles. The topological polar surface area (TPSA) is 108 Å². The molecule has 9 nitrogen and oxygen atoms in total. The second kappa shape index (κ2) is 7.83. The van der Waals surface area contributed by atoms with Crippen LogP contribution in [0, 0.1) is 0 Å². The highest BCUT2D eigenvalue weighted by molar-refractivity contribution is 5.87. The molecule has 1 N–H and O–H groups in total. The van der Waals surface area contributed by atoms with Crippen molar-refractivity contribution >= 4 is 17.0 Å². The highest BCUT2D eigenvalue weighted by Gasteiger charge is 2.38. The maximum Gasteiger partial charge on any atom is 0.416 e. The van der Waals surface area contributed by atoms with E-state index in [4.69, 9.17) is 0 Å². The number of alkyl halides is 3. The fourth-order valence-corrected chi connectivity index (χ4v) is 4.99. The number of carboxylic acids is 1. The Balaban J connectivity index is 1.77. The van der Waals surface area contributed by atoms with Crippen molar-refractivity contribution in [1.29, 1.82) is 0 Å². The number of benzene rings is 2. The van der Waals surface area contributed by atoms with Crippen LogP contribution in [-0.4, -0.2) is 29.3 Å². The lowest BCUT2D eigenvalue weighted by Crippen LogP contribution is -2.43. The molecule has 0 radical (unpaired) electrons. The van der Waals surface area contributed by atoms with Gasteiger partial charge in [-0.05, 0) is 48.2 Å². The van der Waals surface area contributed by atoms with Gasteiger partial charge in [0.25, 0.3) is 5.56 Å². The van der Waals surface area contributed by atoms with Gasteiger partial charge in [0.2, 0.25) is 0 Å². The maximum absolute atomic E-state index is 13.6. The molecule has 0 fully saturated rings. The highest BCUT2D eigenvalue weighted by atomic mass is 19.4. The molecule has 0 unspecified atom stereocenters. The van der Waals surface area contributed by atoms with Crippen molar-refractivity contribution in [3.8, 4) is 5.69 Å². The van der Waals surface area contributed by atoms with Crippen LogP contribution in [0.25, 0.3) is 16.7 Å². The Morgan fingerprint density at radius 3 is 2.36 bits per heavy atom. The Morgan fingerprint density at radius 1 is 1.00 bits per heavy atom. The van der Waals surface area contributed by atoms with Gasteiger partial charge in [-0.25, -0.2) is 14.4 Å².